The van der Waals surface area contributed by atoms with Gasteiger partial charge < -0.3 is 299 Å². The SMILES string of the molecule is CC(=O)N[C@H]1[C@H](O[C@@H]([C@H](O)[C@H](CO)NC(C)=O)[C@H](O)CO[C@@H]2O[C@@H](C)[C@@H](O)[C@@H](O)[C@@H]2O)O[C@H](CO)[C@@H](O[C@@H]2O[C@H](CO[C@H]3O[C@H](CO)[C@@H](O)[C@H](O)[C@@H]3O[C@@H]3O[C@H](CO)[C@@H](O[C@@H]4O[C@H](CO)[C@H](O)[C@H](O[C@H]5O[C@H](CO)[C@H](O)[C@H](O)[C@H]5O)[C@H]4O)[C@H](O)[C@H]3NC(C)=O)[C@@H](O)[C@H](O[C@H]3O[C@H](CO)[C@@H](O)[C@H](O)[C@@H]3O[C@@H]3O[C@H](CO)[C@@H](O[C@@H]4O[C@H](CO)[C@H](O)[C@H](O[C@H]5O[C@H](CO)[C@H](O)[C@H](O)[C@H]5O)[C@H]4O)[C@H](O)[C@H]3NC(C)=O)[C@@H]2O)[C@@H]1O. The van der Waals surface area contributed by atoms with Crippen molar-refractivity contribution in [1.82, 2.24) is 21.3 Å². The standard InChI is InChI=1S/C80H136N4O60/c1-18-38(100)50(112)55(117)73(125-18)123-16-24(99)61(39(101)23(6-85)81-19(2)95)136-70-35(82-20(3)96)47(109)64(31(13-92)132-70)139-78-60(122)67(142-80-69(54(116)43(105)28(10-89)131-80)144-72-37(84-22(5)98)49(111)63(33(15-94)134-72)138-77-59(121)66(45(107)30(12-91)129-77)141-75-57(119)52(114)41(103)26(8-87)127-75)46(108)34(135-78)17-124-79-68(53(115)42(104)27(9-88)130-79)143-71-36(83-21(4)97)48(110)62(32(14-93)133-71)137-76-58(120)65(44(106)29(11-90)128-76)140-74-56(118)51(113)40(102)25(7-86)126-74/h18,23-80,85-94,99-122H,6-17H2,1-5H3,(H,81,95)(H,82,96)(H,83,97)(H,84,98)/t18-,23-,24+,25+,26+,27+,28+,29+,30+,31+,32+,33+,34+,35+,36+,37+,38+,39+,40-,41-,42+,43+,44-,45-,46+,47+,48+,49+,50+,51-,52-,53-,54-,55-,56+,57+,58+,59+,60-,61+,62+,63+,64+,65-,66-,67-,68-,69-,70-,71-,72-,73+,74+,75+,76-,77-,78-,79-,80+/m0/s1. The number of amides is 4. The van der Waals surface area contributed by atoms with Crippen molar-refractivity contribution in [2.75, 3.05) is 79.3 Å². The van der Waals surface area contributed by atoms with Crippen LogP contribution in [0, 0.1) is 0 Å². The molecule has 4 amide bonds. The molecule has 144 heavy (non-hydrogen) atoms. The highest BCUT2D eigenvalue weighted by atomic mass is 16.8. The average Bonchev–Trinajstić information content (AvgIpc) is 0.774. The van der Waals surface area contributed by atoms with Gasteiger partial charge in [-0.25, -0.2) is 0 Å². The van der Waals surface area contributed by atoms with Gasteiger partial charge in [-0.1, -0.05) is 0 Å². The van der Waals surface area contributed by atoms with Crippen LogP contribution in [0.5, 0.6) is 0 Å². The van der Waals surface area contributed by atoms with Gasteiger partial charge in [0.1, 0.15) is 281 Å². The number of aliphatic hydroxyl groups is 34. The molecule has 11 aliphatic rings. The number of rotatable bonds is 41. The Morgan fingerprint density at radius 3 is 0.896 bits per heavy atom. The number of carbonyl (C=O) groups is 4. The molecular formula is C80H136N4O60. The van der Waals surface area contributed by atoms with Crippen molar-refractivity contribution in [3.8, 4) is 0 Å². The lowest BCUT2D eigenvalue weighted by molar-refractivity contribution is -0.400. The third kappa shape index (κ3) is 26.8. The molecule has 11 saturated heterocycles. The minimum Gasteiger partial charge on any atom is -0.394 e. The first-order valence-corrected chi connectivity index (χ1v) is 46.0. The maximum atomic E-state index is 13.4. The number of carbonyl (C=O) groups excluding carboxylic acids is 4. The van der Waals surface area contributed by atoms with Crippen molar-refractivity contribution >= 4 is 23.6 Å². The van der Waals surface area contributed by atoms with Crippen LogP contribution in [0.3, 0.4) is 0 Å². The predicted molar refractivity (Wildman–Crippen MR) is 442 cm³/mol. The molecule has 64 nitrogen and oxygen atoms in total. The quantitative estimate of drug-likeness (QED) is 0.0270. The summed E-state index contributed by atoms with van der Waals surface area (Å²) in [6, 6.07) is -8.13. The van der Waals surface area contributed by atoms with Gasteiger partial charge in [-0.2, -0.15) is 0 Å². The van der Waals surface area contributed by atoms with Crippen LogP contribution in [0.15, 0.2) is 0 Å². The van der Waals surface area contributed by atoms with E-state index in [9.17, 15) is 193 Å². The van der Waals surface area contributed by atoms with Gasteiger partial charge in [0.2, 0.25) is 23.6 Å². The van der Waals surface area contributed by atoms with E-state index in [1.54, 1.807) is 0 Å². The van der Waals surface area contributed by atoms with E-state index in [1.807, 2.05) is 0 Å². The fourth-order valence-corrected chi connectivity index (χ4v) is 18.3. The Bertz CT molecular complexity index is 3920. The second-order valence-corrected chi connectivity index (χ2v) is 36.4. The van der Waals surface area contributed by atoms with E-state index in [0.717, 1.165) is 27.7 Å². The Balaban J connectivity index is 0.916. The largest absolute Gasteiger partial charge is 0.394 e. The van der Waals surface area contributed by atoms with Gasteiger partial charge in [-0.05, 0) is 6.92 Å². The molecule has 0 bridgehead atoms. The zero-order valence-corrected chi connectivity index (χ0v) is 77.4. The molecule has 0 radical (unpaired) electrons. The molecule has 0 aromatic carbocycles. The van der Waals surface area contributed by atoms with Gasteiger partial charge in [-0.3, -0.25) is 19.2 Å². The summed E-state index contributed by atoms with van der Waals surface area (Å²) in [6.45, 7) is -9.31. The van der Waals surface area contributed by atoms with Crippen LogP contribution in [-0.4, -0.2) is 638 Å². The van der Waals surface area contributed by atoms with Crippen LogP contribution in [0.2, 0.25) is 0 Å². The summed E-state index contributed by atoms with van der Waals surface area (Å²) < 4.78 is 130. The summed E-state index contributed by atoms with van der Waals surface area (Å²) in [5, 5.41) is 391. The van der Waals surface area contributed by atoms with Gasteiger partial charge in [0.25, 0.3) is 0 Å². The Kier molecular flexibility index (Phi) is 44.1. The maximum Gasteiger partial charge on any atom is 0.217 e. The number of hydrogen-bond acceptors (Lipinski definition) is 60. The van der Waals surface area contributed by atoms with Crippen LogP contribution in [0.1, 0.15) is 34.6 Å². The molecule has 0 saturated carbocycles. The summed E-state index contributed by atoms with van der Waals surface area (Å²) in [7, 11) is 0. The molecule has 11 aliphatic heterocycles. The van der Waals surface area contributed by atoms with Crippen molar-refractivity contribution in [2.45, 2.75) is 397 Å². The summed E-state index contributed by atoms with van der Waals surface area (Å²) >= 11 is 0. The second-order valence-electron chi connectivity index (χ2n) is 36.4. The first-order valence-electron chi connectivity index (χ1n) is 46.0. The highest BCUT2D eigenvalue weighted by Gasteiger charge is 2.63. The highest BCUT2D eigenvalue weighted by molar-refractivity contribution is 5.74. The first-order chi connectivity index (χ1) is 68.1. The monoisotopic (exact) mass is 2110 g/mol. The lowest BCUT2D eigenvalue weighted by Gasteiger charge is -2.51. The van der Waals surface area contributed by atoms with E-state index < -0.39 is 465 Å². The van der Waals surface area contributed by atoms with Crippen molar-refractivity contribution in [2.24, 2.45) is 0 Å². The fourth-order valence-electron chi connectivity index (χ4n) is 18.3. The molecule has 11 heterocycles. The van der Waals surface area contributed by atoms with Crippen molar-refractivity contribution < 1.29 is 297 Å². The lowest BCUT2D eigenvalue weighted by atomic mass is 9.94. The van der Waals surface area contributed by atoms with Gasteiger partial charge in [0, 0.05) is 27.7 Å². The molecule has 11 rings (SSSR count). The minimum absolute atomic E-state index is 0.861. The van der Waals surface area contributed by atoms with Crippen LogP contribution in [0.4, 0.5) is 0 Å². The van der Waals surface area contributed by atoms with E-state index in [1.165, 1.54) is 6.92 Å². The van der Waals surface area contributed by atoms with Gasteiger partial charge in [-0.15, -0.1) is 0 Å². The molecular weight excluding hydrogens is 1980 g/mol. The molecule has 0 aromatic rings. The van der Waals surface area contributed by atoms with Gasteiger partial charge >= 0.3 is 0 Å². The van der Waals surface area contributed by atoms with Crippen LogP contribution < -0.4 is 21.3 Å². The fraction of sp³-hybridized carbons (Fsp3) is 0.950. The Labute approximate surface area is 815 Å². The van der Waals surface area contributed by atoms with Crippen LogP contribution in [0.25, 0.3) is 0 Å². The summed E-state index contributed by atoms with van der Waals surface area (Å²) in [5.74, 6) is -4.06. The molecule has 38 N–H and O–H groups in total. The number of nitrogens with one attached hydrogen (secondary N) is 4. The van der Waals surface area contributed by atoms with E-state index in [4.69, 9.17) is 104 Å². The van der Waals surface area contributed by atoms with Gasteiger partial charge in [0.15, 0.2) is 69.2 Å². The Morgan fingerprint density at radius 2 is 0.535 bits per heavy atom. The molecule has 59 atom stereocenters. The molecule has 0 unspecified atom stereocenters. The number of hydrogen-bond donors (Lipinski definition) is 38. The summed E-state index contributed by atoms with van der Waals surface area (Å²) in [4.78, 5) is 52.3. The Hall–Kier alpha value is -4.36. The van der Waals surface area contributed by atoms with Crippen molar-refractivity contribution in [3.63, 3.8) is 0 Å². The third-order valence-electron chi connectivity index (χ3n) is 26.3. The van der Waals surface area contributed by atoms with Crippen LogP contribution in [-0.2, 0) is 123 Å². The predicted octanol–water partition coefficient (Wildman–Crippen LogP) is -25.9. The summed E-state index contributed by atoms with van der Waals surface area (Å²) in [5.41, 5.74) is 0. The van der Waals surface area contributed by atoms with E-state index >= 15 is 0 Å². The minimum atomic E-state index is -2.73. The zero-order valence-electron chi connectivity index (χ0n) is 77.4. The normalized spacial score (nSPS) is 48.1. The topological polar surface area (TPSA) is 1010 Å². The van der Waals surface area contributed by atoms with Crippen molar-refractivity contribution in [3.05, 3.63) is 0 Å². The molecule has 0 aromatic heterocycles. The number of ether oxygens (including phenoxy) is 22. The van der Waals surface area contributed by atoms with Gasteiger partial charge in [0.05, 0.1) is 91.4 Å². The highest BCUT2D eigenvalue weighted by Crippen LogP contribution is 2.42. The van der Waals surface area contributed by atoms with E-state index in [-0.39, 0.29) is 0 Å². The molecule has 11 fully saturated rings. The first kappa shape index (κ1) is 120. The Morgan fingerprint density at radius 1 is 0.257 bits per heavy atom. The van der Waals surface area contributed by atoms with E-state index in [0.29, 0.717) is 0 Å². The van der Waals surface area contributed by atoms with Crippen molar-refractivity contribution in [1.29, 1.82) is 0 Å². The zero-order chi connectivity index (χ0) is 106. The van der Waals surface area contributed by atoms with E-state index in [2.05, 4.69) is 21.3 Å². The number of aliphatic hydroxyl groups excluding tert-OH is 34. The maximum absolute atomic E-state index is 13.4. The molecule has 64 heteroatoms. The lowest BCUT2D eigenvalue weighted by Crippen LogP contribution is -2.70. The molecule has 0 aliphatic carbocycles. The second kappa shape index (κ2) is 53.0. The smallest absolute Gasteiger partial charge is 0.217 e. The molecule has 836 valence electrons. The van der Waals surface area contributed by atoms with Crippen LogP contribution >= 0.6 is 0 Å². The molecule has 0 spiro atoms. The summed E-state index contributed by atoms with van der Waals surface area (Å²) in [6.07, 6.45) is -119. The average molecular weight is 2110 g/mol. The third-order valence-corrected chi connectivity index (χ3v) is 26.3.